The molecular formula is C24H22O6S2. The quantitative estimate of drug-likeness (QED) is 0.367. The van der Waals surface area contributed by atoms with Crippen molar-refractivity contribution in [3.63, 3.8) is 0 Å². The molecule has 1 unspecified atom stereocenters. The van der Waals surface area contributed by atoms with E-state index >= 15 is 0 Å². The highest BCUT2D eigenvalue weighted by Gasteiger charge is 2.48. The molecule has 0 fully saturated rings. The molecule has 3 aromatic rings. The average molecular weight is 471 g/mol. The highest BCUT2D eigenvalue weighted by atomic mass is 32.3. The van der Waals surface area contributed by atoms with Crippen LogP contribution in [0.1, 0.15) is 11.5 Å². The molecule has 0 aliphatic heterocycles. The first-order valence-corrected chi connectivity index (χ1v) is 12.7. The maximum atomic E-state index is 13.8. The van der Waals surface area contributed by atoms with Crippen LogP contribution >= 0.6 is 0 Å². The third-order valence-corrected chi connectivity index (χ3v) is 10.2. The van der Waals surface area contributed by atoms with Crippen molar-refractivity contribution in [2.24, 2.45) is 0 Å². The van der Waals surface area contributed by atoms with Crippen LogP contribution in [0.2, 0.25) is 0 Å². The Morgan fingerprint density at radius 3 is 1.47 bits per heavy atom. The minimum atomic E-state index is -4.50. The van der Waals surface area contributed by atoms with E-state index < -0.39 is 36.1 Å². The second kappa shape index (κ2) is 9.50. The number of benzene rings is 3. The zero-order valence-electron chi connectivity index (χ0n) is 17.3. The number of carbonyl (C=O) groups excluding carboxylic acids is 1. The Hall–Kier alpha value is -3.23. The van der Waals surface area contributed by atoms with Crippen molar-refractivity contribution in [3.8, 4) is 0 Å². The number of carbonyl (C=O) groups is 1. The molecule has 0 bridgehead atoms. The number of sulfone groups is 2. The third-order valence-electron chi connectivity index (χ3n) is 5.01. The van der Waals surface area contributed by atoms with Crippen LogP contribution in [0.5, 0.6) is 0 Å². The summed E-state index contributed by atoms with van der Waals surface area (Å²) in [6.45, 7) is 3.73. The largest absolute Gasteiger partial charge is 0.466 e. The predicted octanol–water partition coefficient (Wildman–Crippen LogP) is 3.77. The van der Waals surface area contributed by atoms with E-state index in [1.165, 1.54) is 48.5 Å². The molecule has 0 N–H and O–H groups in total. The smallest absolute Gasteiger partial charge is 0.333 e. The lowest BCUT2D eigenvalue weighted by atomic mass is 9.93. The first kappa shape index (κ1) is 23.4. The Morgan fingerprint density at radius 2 is 1.09 bits per heavy atom. The Bertz CT molecular complexity index is 1230. The van der Waals surface area contributed by atoms with Crippen LogP contribution < -0.4 is 0 Å². The van der Waals surface area contributed by atoms with Gasteiger partial charge in [0.15, 0.2) is 24.3 Å². The summed E-state index contributed by atoms with van der Waals surface area (Å²) < 4.78 is 58.0. The Labute approximate surface area is 188 Å². The zero-order valence-corrected chi connectivity index (χ0v) is 18.9. The van der Waals surface area contributed by atoms with Crippen molar-refractivity contribution < 1.29 is 26.4 Å². The van der Waals surface area contributed by atoms with Gasteiger partial charge in [0.25, 0.3) is 0 Å². The van der Waals surface area contributed by atoms with E-state index in [9.17, 15) is 21.6 Å². The summed E-state index contributed by atoms with van der Waals surface area (Å²) in [7, 11) is -7.87. The van der Waals surface area contributed by atoms with Gasteiger partial charge in [0.1, 0.15) is 0 Å². The van der Waals surface area contributed by atoms with Crippen molar-refractivity contribution in [1.29, 1.82) is 0 Å². The van der Waals surface area contributed by atoms with Gasteiger partial charge in [-0.3, -0.25) is 0 Å². The molecule has 0 heterocycles. The van der Waals surface area contributed by atoms with E-state index in [2.05, 4.69) is 6.58 Å². The molecule has 0 saturated heterocycles. The van der Waals surface area contributed by atoms with Crippen LogP contribution in [0.3, 0.4) is 0 Å². The molecule has 3 rings (SSSR count). The van der Waals surface area contributed by atoms with Gasteiger partial charge in [0, 0.05) is 11.5 Å². The van der Waals surface area contributed by atoms with Crippen molar-refractivity contribution in [3.05, 3.63) is 109 Å². The highest BCUT2D eigenvalue weighted by Crippen LogP contribution is 2.40. The lowest BCUT2D eigenvalue weighted by molar-refractivity contribution is -0.136. The third kappa shape index (κ3) is 4.51. The van der Waals surface area contributed by atoms with Gasteiger partial charge in [-0.2, -0.15) is 0 Å². The molecule has 0 saturated carbocycles. The van der Waals surface area contributed by atoms with Gasteiger partial charge in [-0.25, -0.2) is 21.6 Å². The highest BCUT2D eigenvalue weighted by molar-refractivity contribution is 8.09. The van der Waals surface area contributed by atoms with Gasteiger partial charge in [-0.15, -0.1) is 0 Å². The van der Waals surface area contributed by atoms with E-state index in [-0.39, 0.29) is 15.4 Å². The lowest BCUT2D eigenvalue weighted by Gasteiger charge is -2.28. The summed E-state index contributed by atoms with van der Waals surface area (Å²) in [5, 5.41) is 0. The molecule has 0 aromatic heterocycles. The monoisotopic (exact) mass is 470 g/mol. The summed E-state index contributed by atoms with van der Waals surface area (Å²) >= 11 is 0. The molecule has 0 radical (unpaired) electrons. The summed E-state index contributed by atoms with van der Waals surface area (Å²) in [6, 6.07) is 22.7. The molecule has 0 aliphatic rings. The second-order valence-electron chi connectivity index (χ2n) is 6.99. The molecule has 0 aliphatic carbocycles. The fourth-order valence-corrected chi connectivity index (χ4v) is 8.42. The second-order valence-corrected chi connectivity index (χ2v) is 11.4. The molecule has 3 aromatic carbocycles. The summed E-state index contributed by atoms with van der Waals surface area (Å²) in [5.74, 6) is -2.30. The summed E-state index contributed by atoms with van der Waals surface area (Å²) in [4.78, 5) is 12.1. The van der Waals surface area contributed by atoms with Gasteiger partial charge >= 0.3 is 5.97 Å². The van der Waals surface area contributed by atoms with Gasteiger partial charge < -0.3 is 4.74 Å². The molecule has 1 atom stereocenters. The van der Waals surface area contributed by atoms with Crippen molar-refractivity contribution in [1.82, 2.24) is 0 Å². The number of rotatable bonds is 8. The van der Waals surface area contributed by atoms with E-state index in [0.29, 0.717) is 5.56 Å². The maximum absolute atomic E-state index is 13.8. The van der Waals surface area contributed by atoms with Gasteiger partial charge in [-0.05, 0) is 29.8 Å². The Kier molecular flexibility index (Phi) is 6.96. The van der Waals surface area contributed by atoms with Crippen LogP contribution in [0, 0.1) is 0 Å². The average Bonchev–Trinajstić information content (AvgIpc) is 2.82. The maximum Gasteiger partial charge on any atom is 0.333 e. The zero-order chi connectivity index (χ0) is 23.4. The predicted molar refractivity (Wildman–Crippen MR) is 121 cm³/mol. The summed E-state index contributed by atoms with van der Waals surface area (Å²) in [5.41, 5.74) is 0.0367. The van der Waals surface area contributed by atoms with E-state index in [1.807, 2.05) is 0 Å². The minimum Gasteiger partial charge on any atom is -0.466 e. The number of hydrogen-bond donors (Lipinski definition) is 0. The normalized spacial score (nSPS) is 12.8. The van der Waals surface area contributed by atoms with Crippen LogP contribution in [0.4, 0.5) is 0 Å². The molecule has 8 heteroatoms. The summed E-state index contributed by atoms with van der Waals surface area (Å²) in [6.07, 6.45) is 0. The number of esters is 1. The van der Waals surface area contributed by atoms with Gasteiger partial charge in [0.2, 0.25) is 0 Å². The Balaban J connectivity index is 2.36. The molecular weight excluding hydrogens is 448 g/mol. The number of methoxy groups -OCH3 is 1. The first-order valence-electron chi connectivity index (χ1n) is 9.61. The topological polar surface area (TPSA) is 94.6 Å². The fourth-order valence-electron chi connectivity index (χ4n) is 3.45. The standard InChI is InChI=1S/C24H22O6S2/c1-18(23(25)30-2)22(19-12-6-3-7-13-19)24(31(26,27)20-14-8-4-9-15-20)32(28,29)21-16-10-5-11-17-21/h3-17,22,24H,1H2,2H3. The van der Waals surface area contributed by atoms with E-state index in [1.54, 1.807) is 42.5 Å². The van der Waals surface area contributed by atoms with Crippen molar-refractivity contribution >= 4 is 25.6 Å². The molecule has 166 valence electrons. The lowest BCUT2D eigenvalue weighted by Crippen LogP contribution is -2.38. The minimum absolute atomic E-state index is 0.178. The fraction of sp³-hybridized carbons (Fsp3) is 0.125. The Morgan fingerprint density at radius 1 is 0.719 bits per heavy atom. The van der Waals surface area contributed by atoms with Crippen LogP contribution in [-0.2, 0) is 29.2 Å². The number of hydrogen-bond acceptors (Lipinski definition) is 6. The van der Waals surface area contributed by atoms with Crippen LogP contribution in [0.15, 0.2) is 113 Å². The van der Waals surface area contributed by atoms with Gasteiger partial charge in [0.05, 0.1) is 16.9 Å². The molecule has 0 amide bonds. The van der Waals surface area contributed by atoms with Crippen molar-refractivity contribution in [2.45, 2.75) is 20.3 Å². The van der Waals surface area contributed by atoms with Crippen molar-refractivity contribution in [2.75, 3.05) is 7.11 Å². The van der Waals surface area contributed by atoms with Crippen LogP contribution in [-0.4, -0.2) is 34.5 Å². The van der Waals surface area contributed by atoms with Gasteiger partial charge in [-0.1, -0.05) is 73.3 Å². The van der Waals surface area contributed by atoms with E-state index in [0.717, 1.165) is 7.11 Å². The molecule has 0 spiro atoms. The first-order chi connectivity index (χ1) is 15.2. The molecule has 32 heavy (non-hydrogen) atoms. The SMILES string of the molecule is C=C(C(=O)OC)C(c1ccccc1)C(S(=O)(=O)c1ccccc1)S(=O)(=O)c1ccccc1. The van der Waals surface area contributed by atoms with E-state index in [4.69, 9.17) is 4.74 Å². The van der Waals surface area contributed by atoms with Crippen LogP contribution in [0.25, 0.3) is 0 Å². The number of ether oxygens (including phenoxy) is 1. The molecule has 6 nitrogen and oxygen atoms in total.